The van der Waals surface area contributed by atoms with Crippen LogP contribution in [0.25, 0.3) is 0 Å². The van der Waals surface area contributed by atoms with E-state index in [-0.39, 0.29) is 52.3 Å². The van der Waals surface area contributed by atoms with E-state index >= 15 is 0 Å². The average Bonchev–Trinajstić information content (AvgIpc) is 2.83. The van der Waals surface area contributed by atoms with Crippen LogP contribution in [0.2, 0.25) is 15.1 Å². The second kappa shape index (κ2) is 12.0. The summed E-state index contributed by atoms with van der Waals surface area (Å²) in [6.45, 7) is 3.64. The van der Waals surface area contributed by atoms with Crippen molar-refractivity contribution in [2.24, 2.45) is 5.41 Å². The number of hydrogen-bond acceptors (Lipinski definition) is 5. The molecule has 1 aliphatic heterocycles. The quantitative estimate of drug-likeness (QED) is 0.299. The highest BCUT2D eigenvalue weighted by Gasteiger charge is 2.52. The summed E-state index contributed by atoms with van der Waals surface area (Å²) >= 11 is 18.2. The first kappa shape index (κ1) is 28.3. The summed E-state index contributed by atoms with van der Waals surface area (Å²) in [5.41, 5.74) is 1.54. The number of nitrogens with one attached hydrogen (secondary N) is 3. The Bertz CT molecular complexity index is 1210. The summed E-state index contributed by atoms with van der Waals surface area (Å²) in [6.07, 6.45) is 1.31. The fourth-order valence-electron chi connectivity index (χ4n) is 5.04. The molecule has 1 aliphatic carbocycles. The molecule has 0 aromatic heterocycles. The molecule has 204 valence electrons. The molecule has 0 radical (unpaired) electrons. The fraction of sp³-hybridized carbons (Fsp3) is 0.423. The molecular formula is C26H29Cl3N4O5. The van der Waals surface area contributed by atoms with Gasteiger partial charge in [-0.3, -0.25) is 14.5 Å². The van der Waals surface area contributed by atoms with Gasteiger partial charge in [0, 0.05) is 31.4 Å². The zero-order chi connectivity index (χ0) is 27.4. The molecule has 2 aromatic rings. The number of halogens is 3. The van der Waals surface area contributed by atoms with Crippen molar-refractivity contribution < 1.29 is 24.2 Å². The fourth-order valence-corrected chi connectivity index (χ4v) is 5.61. The van der Waals surface area contributed by atoms with E-state index in [0.29, 0.717) is 17.1 Å². The second-order valence-corrected chi connectivity index (χ2v) is 11.0. The van der Waals surface area contributed by atoms with Gasteiger partial charge in [0.1, 0.15) is 10.8 Å². The Balaban J connectivity index is 1.22. The smallest absolute Gasteiger partial charge is 0.319 e. The van der Waals surface area contributed by atoms with Crippen molar-refractivity contribution in [1.29, 1.82) is 0 Å². The number of carboxylic acids is 1. The van der Waals surface area contributed by atoms with Crippen LogP contribution >= 0.6 is 34.8 Å². The number of nitrogens with zero attached hydrogens (tertiary/aromatic N) is 1. The molecule has 1 spiro atoms. The van der Waals surface area contributed by atoms with E-state index in [2.05, 4.69) is 16.0 Å². The summed E-state index contributed by atoms with van der Waals surface area (Å²) < 4.78 is 5.78. The Morgan fingerprint density at radius 2 is 1.87 bits per heavy atom. The van der Waals surface area contributed by atoms with E-state index < -0.39 is 12.1 Å². The maximum atomic E-state index is 12.7. The Morgan fingerprint density at radius 3 is 2.55 bits per heavy atom. The van der Waals surface area contributed by atoms with Crippen molar-refractivity contribution in [1.82, 2.24) is 15.5 Å². The van der Waals surface area contributed by atoms with Gasteiger partial charge in [0.15, 0.2) is 6.10 Å². The molecule has 2 aliphatic rings. The van der Waals surface area contributed by atoms with Gasteiger partial charge in [-0.05, 0) is 54.5 Å². The minimum absolute atomic E-state index is 0.0643. The van der Waals surface area contributed by atoms with Crippen LogP contribution in [0.15, 0.2) is 36.4 Å². The largest absolute Gasteiger partial charge is 0.480 e. The molecule has 0 bridgehead atoms. The summed E-state index contributed by atoms with van der Waals surface area (Å²) in [6, 6.07) is 10.1. The van der Waals surface area contributed by atoms with Crippen molar-refractivity contribution in [3.63, 3.8) is 0 Å². The van der Waals surface area contributed by atoms with Crippen molar-refractivity contribution in [2.45, 2.75) is 44.9 Å². The number of hydrogen-bond donors (Lipinski definition) is 4. The SMILES string of the molecule is CCC(Oc1ccc(Cl)c(Cl)c1Cl)C(=O)NCc1cccc(NC(=O)NC2CC3(C2)CN(CC(=O)O)C3)c1. The van der Waals surface area contributed by atoms with Crippen LogP contribution in [0.5, 0.6) is 5.75 Å². The van der Waals surface area contributed by atoms with E-state index in [4.69, 9.17) is 44.6 Å². The first-order valence-electron chi connectivity index (χ1n) is 12.3. The normalized spacial score (nSPS) is 17.2. The lowest BCUT2D eigenvalue weighted by Gasteiger charge is -2.58. The maximum Gasteiger partial charge on any atom is 0.319 e. The van der Waals surface area contributed by atoms with Crippen LogP contribution in [0.3, 0.4) is 0 Å². The zero-order valence-corrected chi connectivity index (χ0v) is 23.0. The standard InChI is InChI=1S/C26H29Cl3N4O5/c1-2-19(38-20-7-6-18(27)22(28)23(20)29)24(36)30-11-15-4-3-5-16(8-15)31-25(37)32-17-9-26(10-17)13-33(14-26)12-21(34)35/h3-8,17,19H,2,9-14H2,1H3,(H,30,36)(H,34,35)(H2,31,32,37). The van der Waals surface area contributed by atoms with Crippen molar-refractivity contribution in [2.75, 3.05) is 25.0 Å². The number of carbonyl (C=O) groups is 3. The molecule has 9 nitrogen and oxygen atoms in total. The Morgan fingerprint density at radius 1 is 1.13 bits per heavy atom. The van der Waals surface area contributed by atoms with Gasteiger partial charge in [-0.2, -0.15) is 0 Å². The van der Waals surface area contributed by atoms with Gasteiger partial charge >= 0.3 is 12.0 Å². The lowest BCUT2D eigenvalue weighted by molar-refractivity contribution is -0.145. The van der Waals surface area contributed by atoms with Crippen molar-refractivity contribution >= 4 is 58.4 Å². The molecule has 4 N–H and O–H groups in total. The number of amides is 3. The third-order valence-electron chi connectivity index (χ3n) is 6.75. The van der Waals surface area contributed by atoms with Gasteiger partial charge in [-0.15, -0.1) is 0 Å². The molecule has 3 amide bonds. The molecule has 1 atom stereocenters. The molecular weight excluding hydrogens is 555 g/mol. The monoisotopic (exact) mass is 582 g/mol. The third kappa shape index (κ3) is 6.83. The van der Waals surface area contributed by atoms with Crippen LogP contribution in [-0.4, -0.2) is 59.7 Å². The molecule has 2 fully saturated rings. The highest BCUT2D eigenvalue weighted by molar-refractivity contribution is 6.48. The molecule has 38 heavy (non-hydrogen) atoms. The minimum atomic E-state index is -0.818. The third-order valence-corrected chi connectivity index (χ3v) is 8.03. The number of benzene rings is 2. The van der Waals surface area contributed by atoms with E-state index in [9.17, 15) is 14.4 Å². The van der Waals surface area contributed by atoms with Crippen molar-refractivity contribution in [3.05, 3.63) is 57.0 Å². The topological polar surface area (TPSA) is 120 Å². The van der Waals surface area contributed by atoms with E-state index in [1.165, 1.54) is 0 Å². The van der Waals surface area contributed by atoms with E-state index in [0.717, 1.165) is 31.5 Å². The highest BCUT2D eigenvalue weighted by Crippen LogP contribution is 2.48. The van der Waals surface area contributed by atoms with Crippen molar-refractivity contribution in [3.8, 4) is 5.75 Å². The minimum Gasteiger partial charge on any atom is -0.480 e. The molecule has 2 aromatic carbocycles. The van der Waals surface area contributed by atoms with Gasteiger partial charge in [0.25, 0.3) is 5.91 Å². The van der Waals surface area contributed by atoms with Crippen LogP contribution in [-0.2, 0) is 16.1 Å². The lowest BCUT2D eigenvalue weighted by atomic mass is 9.60. The predicted molar refractivity (Wildman–Crippen MR) is 146 cm³/mol. The van der Waals surface area contributed by atoms with Crippen LogP contribution in [0.4, 0.5) is 10.5 Å². The summed E-state index contributed by atoms with van der Waals surface area (Å²) in [5, 5.41) is 18.1. The first-order chi connectivity index (χ1) is 18.1. The Kier molecular flexibility index (Phi) is 8.92. The van der Waals surface area contributed by atoms with E-state index in [1.807, 2.05) is 17.9 Å². The summed E-state index contributed by atoms with van der Waals surface area (Å²) in [5.74, 6) is -0.864. The number of anilines is 1. The Hall–Kier alpha value is -2.72. The van der Waals surface area contributed by atoms with Gasteiger partial charge in [-0.1, -0.05) is 53.9 Å². The molecule has 1 heterocycles. The second-order valence-electron chi connectivity index (χ2n) is 9.85. The number of carbonyl (C=O) groups excluding carboxylic acids is 2. The van der Waals surface area contributed by atoms with Gasteiger partial charge < -0.3 is 25.8 Å². The first-order valence-corrected chi connectivity index (χ1v) is 13.4. The average molecular weight is 584 g/mol. The Labute approximate surface area is 235 Å². The number of urea groups is 1. The molecule has 1 saturated carbocycles. The molecule has 1 saturated heterocycles. The number of carboxylic acid groups (broad SMARTS) is 1. The lowest BCUT2D eigenvalue weighted by Crippen LogP contribution is -2.67. The number of likely N-dealkylation sites (tertiary alicyclic amines) is 1. The van der Waals surface area contributed by atoms with Gasteiger partial charge in [0.05, 0.1) is 16.6 Å². The van der Waals surface area contributed by atoms with Crippen LogP contribution in [0.1, 0.15) is 31.7 Å². The highest BCUT2D eigenvalue weighted by atomic mass is 35.5. The molecule has 4 rings (SSSR count). The van der Waals surface area contributed by atoms with Gasteiger partial charge in [-0.25, -0.2) is 4.79 Å². The molecule has 12 heteroatoms. The zero-order valence-electron chi connectivity index (χ0n) is 20.7. The number of ether oxygens (including phenoxy) is 1. The van der Waals surface area contributed by atoms with Gasteiger partial charge in [0.2, 0.25) is 0 Å². The summed E-state index contributed by atoms with van der Waals surface area (Å²) in [4.78, 5) is 37.9. The predicted octanol–water partition coefficient (Wildman–Crippen LogP) is 4.79. The maximum absolute atomic E-state index is 12.7. The number of aliphatic carboxylic acids is 1. The van der Waals surface area contributed by atoms with Crippen LogP contribution < -0.4 is 20.7 Å². The number of rotatable bonds is 10. The van der Waals surface area contributed by atoms with Crippen LogP contribution in [0, 0.1) is 5.41 Å². The molecule has 1 unspecified atom stereocenters. The van der Waals surface area contributed by atoms with E-state index in [1.54, 1.807) is 30.3 Å². The summed E-state index contributed by atoms with van der Waals surface area (Å²) in [7, 11) is 0.